The van der Waals surface area contributed by atoms with Crippen molar-refractivity contribution in [3.63, 3.8) is 0 Å². The molecule has 20 heavy (non-hydrogen) atoms. The van der Waals surface area contributed by atoms with Crippen LogP contribution in [0.15, 0.2) is 17.5 Å². The Hall–Kier alpha value is -0.230. The summed E-state index contributed by atoms with van der Waals surface area (Å²) in [6.07, 6.45) is 3.03. The van der Waals surface area contributed by atoms with Crippen LogP contribution < -0.4 is 5.32 Å². The topological polar surface area (TPSA) is 32.3 Å². The van der Waals surface area contributed by atoms with Gasteiger partial charge in [0.25, 0.3) is 0 Å². The van der Waals surface area contributed by atoms with Crippen molar-refractivity contribution >= 4 is 41.4 Å². The van der Waals surface area contributed by atoms with Gasteiger partial charge in [0.15, 0.2) is 0 Å². The van der Waals surface area contributed by atoms with E-state index in [9.17, 15) is 4.79 Å². The van der Waals surface area contributed by atoms with Crippen molar-refractivity contribution in [3.05, 3.63) is 22.4 Å². The van der Waals surface area contributed by atoms with Gasteiger partial charge in [-0.1, -0.05) is 6.07 Å². The number of thioether (sulfide) groups is 1. The number of hydrogen-bond donors (Lipinski definition) is 1. The molecule has 1 aromatic heterocycles. The molecule has 1 amide bonds. The van der Waals surface area contributed by atoms with E-state index in [0.717, 1.165) is 18.8 Å². The molecule has 0 aromatic carbocycles. The minimum atomic E-state index is 0. The predicted molar refractivity (Wildman–Crippen MR) is 88.9 cm³/mol. The molecule has 1 aromatic rings. The summed E-state index contributed by atoms with van der Waals surface area (Å²) in [5.74, 6) is 2.58. The molecule has 0 spiro atoms. The molecule has 112 valence electrons. The molecule has 2 heterocycles. The summed E-state index contributed by atoms with van der Waals surface area (Å²) in [6, 6.07) is 5.07. The van der Waals surface area contributed by atoms with Gasteiger partial charge in [0.1, 0.15) is 0 Å². The first-order chi connectivity index (χ1) is 9.33. The van der Waals surface area contributed by atoms with Crippen LogP contribution in [0, 0.1) is 0 Å². The molecule has 3 rings (SSSR count). The van der Waals surface area contributed by atoms with Gasteiger partial charge < -0.3 is 10.2 Å². The largest absolute Gasteiger partial charge is 0.335 e. The van der Waals surface area contributed by atoms with Crippen LogP contribution in [-0.2, 0) is 11.3 Å². The average Bonchev–Trinajstić information content (AvgIpc) is 3.14. The number of carbonyl (C=O) groups excluding carboxylic acids is 1. The fourth-order valence-corrected chi connectivity index (χ4v) is 4.11. The fourth-order valence-electron chi connectivity index (χ4n) is 2.46. The van der Waals surface area contributed by atoms with Gasteiger partial charge in [0, 0.05) is 41.4 Å². The lowest BCUT2D eigenvalue weighted by atomic mass is 10.2. The lowest BCUT2D eigenvalue weighted by molar-refractivity contribution is -0.132. The summed E-state index contributed by atoms with van der Waals surface area (Å²) in [5, 5.41) is 5.54. The van der Waals surface area contributed by atoms with Crippen molar-refractivity contribution in [1.29, 1.82) is 0 Å². The lowest BCUT2D eigenvalue weighted by Gasteiger charge is -2.27. The van der Waals surface area contributed by atoms with E-state index >= 15 is 0 Å². The highest BCUT2D eigenvalue weighted by Crippen LogP contribution is 2.30. The third-order valence-electron chi connectivity index (χ3n) is 3.63. The summed E-state index contributed by atoms with van der Waals surface area (Å²) in [6.45, 7) is 1.85. The van der Waals surface area contributed by atoms with Gasteiger partial charge in [0.05, 0.1) is 6.54 Å². The molecule has 1 saturated carbocycles. The highest BCUT2D eigenvalue weighted by atomic mass is 35.5. The van der Waals surface area contributed by atoms with E-state index in [1.165, 1.54) is 23.5 Å². The van der Waals surface area contributed by atoms with Crippen LogP contribution in [-0.4, -0.2) is 40.9 Å². The third kappa shape index (κ3) is 4.38. The monoisotopic (exact) mass is 332 g/mol. The van der Waals surface area contributed by atoms with Gasteiger partial charge in [-0.05, 0) is 24.3 Å². The minimum Gasteiger partial charge on any atom is -0.335 e. The third-order valence-corrected chi connectivity index (χ3v) is 5.63. The Labute approximate surface area is 134 Å². The van der Waals surface area contributed by atoms with Gasteiger partial charge in [-0.2, -0.15) is 11.8 Å². The van der Waals surface area contributed by atoms with Gasteiger partial charge in [-0.25, -0.2) is 0 Å². The highest BCUT2D eigenvalue weighted by molar-refractivity contribution is 7.99. The maximum atomic E-state index is 12.5. The second-order valence-electron chi connectivity index (χ2n) is 5.26. The van der Waals surface area contributed by atoms with Crippen molar-refractivity contribution in [2.75, 3.05) is 18.1 Å². The Bertz CT molecular complexity index is 417. The molecule has 1 aliphatic carbocycles. The molecular weight excluding hydrogens is 312 g/mol. The minimum absolute atomic E-state index is 0. The zero-order chi connectivity index (χ0) is 13.1. The molecule has 1 N–H and O–H groups in total. The zero-order valence-corrected chi connectivity index (χ0v) is 13.9. The van der Waals surface area contributed by atoms with Crippen LogP contribution in [0.5, 0.6) is 0 Å². The van der Waals surface area contributed by atoms with E-state index in [2.05, 4.69) is 27.7 Å². The maximum Gasteiger partial charge on any atom is 0.224 e. The highest BCUT2D eigenvalue weighted by Gasteiger charge is 2.33. The molecule has 2 fully saturated rings. The van der Waals surface area contributed by atoms with E-state index in [-0.39, 0.29) is 12.4 Å². The van der Waals surface area contributed by atoms with Gasteiger partial charge in [-0.15, -0.1) is 23.7 Å². The summed E-state index contributed by atoms with van der Waals surface area (Å²) in [4.78, 5) is 15.9. The molecule has 6 heteroatoms. The number of halogens is 1. The van der Waals surface area contributed by atoms with E-state index in [1.54, 1.807) is 11.3 Å². The van der Waals surface area contributed by atoms with Gasteiger partial charge in [-0.3, -0.25) is 4.79 Å². The lowest BCUT2D eigenvalue weighted by Crippen LogP contribution is -2.43. The Balaban J connectivity index is 0.00000147. The average molecular weight is 333 g/mol. The van der Waals surface area contributed by atoms with E-state index in [0.29, 0.717) is 24.4 Å². The van der Waals surface area contributed by atoms with Crippen LogP contribution in [0.4, 0.5) is 0 Å². The number of hydrogen-bond acceptors (Lipinski definition) is 4. The van der Waals surface area contributed by atoms with Crippen LogP contribution in [0.25, 0.3) is 0 Å². The molecular formula is C14H21ClN2OS2. The molecule has 2 aliphatic rings. The van der Waals surface area contributed by atoms with Crippen molar-refractivity contribution in [3.8, 4) is 0 Å². The Morgan fingerprint density at radius 1 is 1.45 bits per heavy atom. The quantitative estimate of drug-likeness (QED) is 0.900. The Morgan fingerprint density at radius 3 is 2.90 bits per heavy atom. The van der Waals surface area contributed by atoms with Crippen molar-refractivity contribution in [2.24, 2.45) is 0 Å². The van der Waals surface area contributed by atoms with E-state index < -0.39 is 0 Å². The first kappa shape index (κ1) is 16.1. The van der Waals surface area contributed by atoms with Crippen molar-refractivity contribution in [2.45, 2.75) is 37.9 Å². The molecule has 0 bridgehead atoms. The SMILES string of the molecule is Cl.O=C(CC1CSCCN1)N(Cc1cccs1)C1CC1. The Kier molecular flexibility index (Phi) is 6.20. The molecule has 3 nitrogen and oxygen atoms in total. The number of rotatable bonds is 5. The maximum absolute atomic E-state index is 12.5. The fraction of sp³-hybridized carbons (Fsp3) is 0.643. The Morgan fingerprint density at radius 2 is 2.30 bits per heavy atom. The number of thiophene rings is 1. The van der Waals surface area contributed by atoms with E-state index in [1.807, 2.05) is 11.8 Å². The molecule has 0 radical (unpaired) electrons. The first-order valence-corrected chi connectivity index (χ1v) is 8.99. The molecule has 1 saturated heterocycles. The molecule has 1 atom stereocenters. The van der Waals surface area contributed by atoms with E-state index in [4.69, 9.17) is 0 Å². The molecule has 1 unspecified atom stereocenters. The van der Waals surface area contributed by atoms with Gasteiger partial charge in [0.2, 0.25) is 5.91 Å². The summed E-state index contributed by atoms with van der Waals surface area (Å²) < 4.78 is 0. The standard InChI is InChI=1S/C14H20N2OS2.ClH/c17-14(8-11-10-18-7-5-15-11)16(12-3-4-12)9-13-2-1-6-19-13;/h1-2,6,11-12,15H,3-5,7-10H2;1H. The van der Waals surface area contributed by atoms with Crippen molar-refractivity contribution < 1.29 is 4.79 Å². The summed E-state index contributed by atoms with van der Waals surface area (Å²) in [5.41, 5.74) is 0. The number of carbonyl (C=O) groups is 1. The first-order valence-electron chi connectivity index (χ1n) is 6.96. The smallest absolute Gasteiger partial charge is 0.224 e. The molecule has 1 aliphatic heterocycles. The van der Waals surface area contributed by atoms with Crippen LogP contribution in [0.3, 0.4) is 0 Å². The predicted octanol–water partition coefficient (Wildman–Crippen LogP) is 2.76. The second kappa shape index (κ2) is 7.69. The zero-order valence-electron chi connectivity index (χ0n) is 11.4. The second-order valence-corrected chi connectivity index (χ2v) is 7.44. The van der Waals surface area contributed by atoms with Gasteiger partial charge >= 0.3 is 0 Å². The normalized spacial score (nSPS) is 22.1. The number of nitrogens with one attached hydrogen (secondary N) is 1. The summed E-state index contributed by atoms with van der Waals surface area (Å²) in [7, 11) is 0. The number of nitrogens with zero attached hydrogens (tertiary/aromatic N) is 1. The summed E-state index contributed by atoms with van der Waals surface area (Å²) >= 11 is 3.70. The van der Waals surface area contributed by atoms with Crippen LogP contribution in [0.2, 0.25) is 0 Å². The van der Waals surface area contributed by atoms with Crippen LogP contribution in [0.1, 0.15) is 24.1 Å². The number of amides is 1. The van der Waals surface area contributed by atoms with Crippen LogP contribution >= 0.6 is 35.5 Å². The van der Waals surface area contributed by atoms with Crippen molar-refractivity contribution in [1.82, 2.24) is 10.2 Å².